The van der Waals surface area contributed by atoms with Crippen LogP contribution >= 0.6 is 11.3 Å². The van der Waals surface area contributed by atoms with E-state index in [0.717, 1.165) is 40.5 Å². The number of ether oxygens (including phenoxy) is 1. The molecule has 1 aromatic heterocycles. The van der Waals surface area contributed by atoms with E-state index in [1.165, 1.54) is 11.1 Å². The van der Waals surface area contributed by atoms with Gasteiger partial charge in [-0.05, 0) is 43.2 Å². The van der Waals surface area contributed by atoms with Crippen LogP contribution in [0.3, 0.4) is 0 Å². The summed E-state index contributed by atoms with van der Waals surface area (Å²) < 4.78 is 7.74. The molecule has 3 nitrogen and oxygen atoms in total. The number of aryl methyl sites for hydroxylation is 2. The first-order chi connectivity index (χ1) is 14.2. The molecule has 0 saturated heterocycles. The highest BCUT2D eigenvalue weighted by atomic mass is 32.1. The molecule has 4 heteroatoms. The molecule has 0 radical (unpaired) electrons. The maximum Gasteiger partial charge on any atom is 0.190 e. The third-order valence-electron chi connectivity index (χ3n) is 4.89. The molecule has 4 rings (SSSR count). The number of benzene rings is 3. The second kappa shape index (κ2) is 8.93. The Morgan fingerprint density at radius 1 is 0.931 bits per heavy atom. The van der Waals surface area contributed by atoms with Crippen molar-refractivity contribution < 1.29 is 4.74 Å². The van der Waals surface area contributed by atoms with Crippen molar-refractivity contribution in [1.82, 2.24) is 4.57 Å². The lowest BCUT2D eigenvalue weighted by molar-refractivity contribution is 0.415. The predicted octanol–water partition coefficient (Wildman–Crippen LogP) is 6.01. The fourth-order valence-electron chi connectivity index (χ4n) is 3.26. The molecular formula is C25H24N2OS. The van der Waals surface area contributed by atoms with E-state index in [4.69, 9.17) is 9.73 Å². The molecule has 1 heterocycles. The standard InChI is InChI=1S/C25H24N2OS/c1-19-11-13-22(14-12-19)26-25-27(16-15-20-7-4-3-5-8-20)24(18-29-25)21-9-6-10-23(17-21)28-2/h3-14,17-18H,15-16H2,1-2H3. The van der Waals surface area contributed by atoms with Crippen molar-refractivity contribution in [3.8, 4) is 17.0 Å². The largest absolute Gasteiger partial charge is 0.497 e. The number of rotatable bonds is 6. The number of hydrogen-bond acceptors (Lipinski definition) is 3. The van der Waals surface area contributed by atoms with Crippen molar-refractivity contribution in [1.29, 1.82) is 0 Å². The van der Waals surface area contributed by atoms with Crippen LogP contribution in [0.2, 0.25) is 0 Å². The zero-order valence-corrected chi connectivity index (χ0v) is 17.5. The Hall–Kier alpha value is -3.11. The normalized spacial score (nSPS) is 11.6. The summed E-state index contributed by atoms with van der Waals surface area (Å²) >= 11 is 1.67. The van der Waals surface area contributed by atoms with E-state index in [9.17, 15) is 0 Å². The van der Waals surface area contributed by atoms with Crippen LogP contribution in [0.15, 0.2) is 89.2 Å². The number of thiazole rings is 1. The quantitative estimate of drug-likeness (QED) is 0.389. The van der Waals surface area contributed by atoms with E-state index in [1.807, 2.05) is 12.1 Å². The first-order valence-corrected chi connectivity index (χ1v) is 10.6. The summed E-state index contributed by atoms with van der Waals surface area (Å²) in [6.07, 6.45) is 0.954. The Kier molecular flexibility index (Phi) is 5.92. The molecule has 0 unspecified atom stereocenters. The molecule has 0 saturated carbocycles. The lowest BCUT2D eigenvalue weighted by atomic mass is 10.1. The van der Waals surface area contributed by atoms with Gasteiger partial charge in [0, 0.05) is 17.5 Å². The van der Waals surface area contributed by atoms with Crippen LogP contribution in [-0.4, -0.2) is 11.7 Å². The summed E-state index contributed by atoms with van der Waals surface area (Å²) in [4.78, 5) is 5.94. The van der Waals surface area contributed by atoms with Crippen LogP contribution in [0.5, 0.6) is 5.75 Å². The second-order valence-corrected chi connectivity index (χ2v) is 7.81. The molecule has 3 aromatic carbocycles. The molecule has 4 aromatic rings. The first kappa shape index (κ1) is 19.2. The maximum atomic E-state index is 5.43. The third kappa shape index (κ3) is 4.66. The van der Waals surface area contributed by atoms with Crippen LogP contribution in [0.1, 0.15) is 11.1 Å². The minimum Gasteiger partial charge on any atom is -0.497 e. The number of nitrogens with zero attached hydrogens (tertiary/aromatic N) is 2. The predicted molar refractivity (Wildman–Crippen MR) is 121 cm³/mol. The SMILES string of the molecule is COc1cccc(-c2csc(=Nc3ccc(C)cc3)n2CCc2ccccc2)c1. The van der Waals surface area contributed by atoms with E-state index in [-0.39, 0.29) is 0 Å². The van der Waals surface area contributed by atoms with Crippen molar-refractivity contribution in [3.05, 3.63) is 100 Å². The van der Waals surface area contributed by atoms with Crippen molar-refractivity contribution in [3.63, 3.8) is 0 Å². The van der Waals surface area contributed by atoms with Gasteiger partial charge in [-0.15, -0.1) is 11.3 Å². The first-order valence-electron chi connectivity index (χ1n) is 9.71. The van der Waals surface area contributed by atoms with Crippen LogP contribution in [0, 0.1) is 6.92 Å². The van der Waals surface area contributed by atoms with Gasteiger partial charge in [0.2, 0.25) is 0 Å². The Balaban J connectivity index is 1.76. The van der Waals surface area contributed by atoms with E-state index in [1.54, 1.807) is 18.4 Å². The Bertz CT molecular complexity index is 1140. The fraction of sp³-hybridized carbons (Fsp3) is 0.160. The lowest BCUT2D eigenvalue weighted by Gasteiger charge is -2.10. The number of aromatic nitrogens is 1. The summed E-state index contributed by atoms with van der Waals surface area (Å²) in [5.41, 5.74) is 5.84. The summed E-state index contributed by atoms with van der Waals surface area (Å²) in [6.45, 7) is 2.96. The molecule has 29 heavy (non-hydrogen) atoms. The smallest absolute Gasteiger partial charge is 0.190 e. The lowest BCUT2D eigenvalue weighted by Crippen LogP contribution is -2.17. The minimum atomic E-state index is 0.861. The monoisotopic (exact) mass is 400 g/mol. The highest BCUT2D eigenvalue weighted by molar-refractivity contribution is 7.07. The van der Waals surface area contributed by atoms with Crippen molar-refractivity contribution in [2.45, 2.75) is 19.9 Å². The van der Waals surface area contributed by atoms with Gasteiger partial charge < -0.3 is 9.30 Å². The Labute approximate surface area is 175 Å². The van der Waals surface area contributed by atoms with Gasteiger partial charge in [0.15, 0.2) is 4.80 Å². The van der Waals surface area contributed by atoms with E-state index < -0.39 is 0 Å². The number of methoxy groups -OCH3 is 1. The summed E-state index contributed by atoms with van der Waals surface area (Å²) in [5, 5.41) is 2.19. The molecule has 0 aliphatic heterocycles. The van der Waals surface area contributed by atoms with E-state index in [0.29, 0.717) is 0 Å². The molecule has 0 aliphatic carbocycles. The maximum absolute atomic E-state index is 5.43. The van der Waals surface area contributed by atoms with Crippen molar-refractivity contribution in [2.75, 3.05) is 7.11 Å². The molecule has 0 spiro atoms. The van der Waals surface area contributed by atoms with E-state index in [2.05, 4.69) is 83.6 Å². The minimum absolute atomic E-state index is 0.861. The number of hydrogen-bond donors (Lipinski definition) is 0. The highest BCUT2D eigenvalue weighted by Crippen LogP contribution is 2.25. The van der Waals surface area contributed by atoms with Gasteiger partial charge in [-0.2, -0.15) is 0 Å². The van der Waals surface area contributed by atoms with Gasteiger partial charge in [0.25, 0.3) is 0 Å². The van der Waals surface area contributed by atoms with Crippen LogP contribution in [-0.2, 0) is 13.0 Å². The molecule has 0 N–H and O–H groups in total. The van der Waals surface area contributed by atoms with Gasteiger partial charge >= 0.3 is 0 Å². The molecule has 0 aliphatic rings. The summed E-state index contributed by atoms with van der Waals surface area (Å²) in [5.74, 6) is 0.861. The van der Waals surface area contributed by atoms with Crippen LogP contribution in [0.25, 0.3) is 11.3 Å². The molecule has 0 bridgehead atoms. The molecular weight excluding hydrogens is 376 g/mol. The van der Waals surface area contributed by atoms with Gasteiger partial charge in [0.05, 0.1) is 18.5 Å². The van der Waals surface area contributed by atoms with Gasteiger partial charge in [-0.1, -0.05) is 60.2 Å². The summed E-state index contributed by atoms with van der Waals surface area (Å²) in [7, 11) is 1.70. The molecule has 0 amide bonds. The van der Waals surface area contributed by atoms with Crippen molar-refractivity contribution >= 4 is 17.0 Å². The topological polar surface area (TPSA) is 26.5 Å². The van der Waals surface area contributed by atoms with Crippen LogP contribution < -0.4 is 9.54 Å². The van der Waals surface area contributed by atoms with Gasteiger partial charge in [0.1, 0.15) is 5.75 Å². The zero-order valence-electron chi connectivity index (χ0n) is 16.7. The van der Waals surface area contributed by atoms with E-state index >= 15 is 0 Å². The Morgan fingerprint density at radius 2 is 1.72 bits per heavy atom. The Morgan fingerprint density at radius 3 is 2.48 bits per heavy atom. The zero-order chi connectivity index (χ0) is 20.1. The van der Waals surface area contributed by atoms with Crippen molar-refractivity contribution in [2.24, 2.45) is 4.99 Å². The summed E-state index contributed by atoms with van der Waals surface area (Å²) in [6, 6.07) is 27.1. The molecule has 0 fully saturated rings. The second-order valence-electron chi connectivity index (χ2n) is 6.97. The third-order valence-corrected chi connectivity index (χ3v) is 5.75. The van der Waals surface area contributed by atoms with Crippen LogP contribution in [0.4, 0.5) is 5.69 Å². The van der Waals surface area contributed by atoms with Gasteiger partial charge in [-0.3, -0.25) is 0 Å². The average Bonchev–Trinajstić information content (AvgIpc) is 3.17. The molecule has 0 atom stereocenters. The van der Waals surface area contributed by atoms with Gasteiger partial charge in [-0.25, -0.2) is 4.99 Å². The highest BCUT2D eigenvalue weighted by Gasteiger charge is 2.09. The average molecular weight is 401 g/mol. The molecule has 146 valence electrons. The fourth-order valence-corrected chi connectivity index (χ4v) is 4.22.